The summed E-state index contributed by atoms with van der Waals surface area (Å²) in [4.78, 5) is 34.5. The number of pyridine rings is 1. The smallest absolute Gasteiger partial charge is 0.350 e. The minimum atomic E-state index is -0.836. The Morgan fingerprint density at radius 1 is 1.38 bits per heavy atom. The molecular formula is C13H14N4O4. The standard InChI is InChI=1S/C13H14N4O4/c18-11(14-9-5-8(6-9)12(19)20)7-17-13(21)16-4-2-1-3-10(16)15-17/h1-4,8-9H,5-7H2,(H,14,18)(H,19,20). The lowest BCUT2D eigenvalue weighted by molar-refractivity contribution is -0.146. The van der Waals surface area contributed by atoms with Crippen molar-refractivity contribution in [1.29, 1.82) is 0 Å². The van der Waals surface area contributed by atoms with Crippen molar-refractivity contribution < 1.29 is 14.7 Å². The van der Waals surface area contributed by atoms with Gasteiger partial charge in [0, 0.05) is 12.2 Å². The van der Waals surface area contributed by atoms with E-state index in [0.717, 1.165) is 4.68 Å². The molecule has 0 radical (unpaired) electrons. The highest BCUT2D eigenvalue weighted by Crippen LogP contribution is 2.27. The molecule has 0 aliphatic heterocycles. The maximum Gasteiger partial charge on any atom is 0.350 e. The second-order valence-corrected chi connectivity index (χ2v) is 5.14. The first-order chi connectivity index (χ1) is 10.0. The lowest BCUT2D eigenvalue weighted by Crippen LogP contribution is -2.48. The van der Waals surface area contributed by atoms with Crippen LogP contribution >= 0.6 is 0 Å². The van der Waals surface area contributed by atoms with Gasteiger partial charge in [-0.25, -0.2) is 9.48 Å². The Balaban J connectivity index is 1.63. The Morgan fingerprint density at radius 3 is 2.81 bits per heavy atom. The van der Waals surface area contributed by atoms with Gasteiger partial charge in [-0.05, 0) is 25.0 Å². The number of fused-ring (bicyclic) bond motifs is 1. The Morgan fingerprint density at radius 2 is 2.14 bits per heavy atom. The first-order valence-electron chi connectivity index (χ1n) is 6.61. The number of amides is 1. The molecule has 2 aromatic heterocycles. The molecule has 0 aromatic carbocycles. The number of hydrogen-bond donors (Lipinski definition) is 2. The molecule has 3 rings (SSSR count). The van der Waals surface area contributed by atoms with Gasteiger partial charge in [0.25, 0.3) is 0 Å². The molecule has 0 unspecified atom stereocenters. The molecule has 0 saturated heterocycles. The van der Waals surface area contributed by atoms with E-state index in [9.17, 15) is 14.4 Å². The maximum absolute atomic E-state index is 12.0. The summed E-state index contributed by atoms with van der Waals surface area (Å²) < 4.78 is 2.45. The molecule has 2 aromatic rings. The van der Waals surface area contributed by atoms with Gasteiger partial charge in [-0.2, -0.15) is 0 Å². The van der Waals surface area contributed by atoms with Crippen LogP contribution in [0.15, 0.2) is 29.2 Å². The molecule has 0 bridgehead atoms. The van der Waals surface area contributed by atoms with E-state index in [1.54, 1.807) is 24.4 Å². The monoisotopic (exact) mass is 290 g/mol. The van der Waals surface area contributed by atoms with Gasteiger partial charge in [-0.15, -0.1) is 5.10 Å². The molecule has 1 aliphatic carbocycles. The summed E-state index contributed by atoms with van der Waals surface area (Å²) in [5.74, 6) is -1.56. The van der Waals surface area contributed by atoms with Gasteiger partial charge >= 0.3 is 11.7 Å². The van der Waals surface area contributed by atoms with Gasteiger partial charge in [-0.3, -0.25) is 14.0 Å². The number of aromatic nitrogens is 3. The minimum absolute atomic E-state index is 0.133. The van der Waals surface area contributed by atoms with Crippen LogP contribution in [-0.4, -0.2) is 37.2 Å². The van der Waals surface area contributed by atoms with Crippen molar-refractivity contribution in [3.63, 3.8) is 0 Å². The average molecular weight is 290 g/mol. The van der Waals surface area contributed by atoms with Crippen molar-refractivity contribution in [1.82, 2.24) is 19.5 Å². The Labute approximate surface area is 119 Å². The predicted octanol–water partition coefficient (Wildman–Crippen LogP) is -0.525. The second kappa shape index (κ2) is 5.04. The zero-order chi connectivity index (χ0) is 15.0. The fraction of sp³-hybridized carbons (Fsp3) is 0.385. The van der Waals surface area contributed by atoms with Crippen molar-refractivity contribution in [2.45, 2.75) is 25.4 Å². The zero-order valence-electron chi connectivity index (χ0n) is 11.1. The number of hydrogen-bond acceptors (Lipinski definition) is 4. The van der Waals surface area contributed by atoms with Gasteiger partial charge in [0.2, 0.25) is 5.91 Å². The van der Waals surface area contributed by atoms with E-state index < -0.39 is 5.97 Å². The largest absolute Gasteiger partial charge is 0.481 e. The van der Waals surface area contributed by atoms with Gasteiger partial charge in [-0.1, -0.05) is 6.07 Å². The molecule has 8 nitrogen and oxygen atoms in total. The van der Waals surface area contributed by atoms with Crippen molar-refractivity contribution in [3.8, 4) is 0 Å². The molecular weight excluding hydrogens is 276 g/mol. The highest BCUT2D eigenvalue weighted by molar-refractivity contribution is 5.77. The van der Waals surface area contributed by atoms with Crippen LogP contribution in [0.25, 0.3) is 5.65 Å². The number of rotatable bonds is 4. The topological polar surface area (TPSA) is 106 Å². The van der Waals surface area contributed by atoms with Crippen LogP contribution in [0.3, 0.4) is 0 Å². The van der Waals surface area contributed by atoms with E-state index in [1.807, 2.05) is 0 Å². The summed E-state index contributed by atoms with van der Waals surface area (Å²) in [6.45, 7) is -0.172. The number of carbonyl (C=O) groups is 2. The lowest BCUT2D eigenvalue weighted by atomic mass is 9.80. The van der Waals surface area contributed by atoms with Crippen LogP contribution in [0.5, 0.6) is 0 Å². The SMILES string of the molecule is O=C(Cn1nc2ccccn2c1=O)NC1CC(C(=O)O)C1. The van der Waals surface area contributed by atoms with Crippen LogP contribution in [0.2, 0.25) is 0 Å². The Bertz CT molecular complexity index is 757. The van der Waals surface area contributed by atoms with E-state index in [0.29, 0.717) is 18.5 Å². The molecule has 1 amide bonds. The molecule has 2 heterocycles. The number of nitrogens with one attached hydrogen (secondary N) is 1. The van der Waals surface area contributed by atoms with Crippen LogP contribution in [0, 0.1) is 5.92 Å². The number of carboxylic acids is 1. The lowest BCUT2D eigenvalue weighted by Gasteiger charge is -2.32. The molecule has 2 N–H and O–H groups in total. The molecule has 1 aliphatic rings. The summed E-state index contributed by atoms with van der Waals surface area (Å²) >= 11 is 0. The second-order valence-electron chi connectivity index (χ2n) is 5.14. The summed E-state index contributed by atoms with van der Waals surface area (Å²) in [5, 5.41) is 15.5. The van der Waals surface area contributed by atoms with Gasteiger partial charge < -0.3 is 10.4 Å². The third-order valence-electron chi connectivity index (χ3n) is 3.63. The van der Waals surface area contributed by atoms with Gasteiger partial charge in [0.05, 0.1) is 5.92 Å². The van der Waals surface area contributed by atoms with Crippen molar-refractivity contribution >= 4 is 17.5 Å². The summed E-state index contributed by atoms with van der Waals surface area (Å²) in [5.41, 5.74) is 0.0997. The van der Waals surface area contributed by atoms with Gasteiger partial charge in [0.1, 0.15) is 6.54 Å². The molecule has 21 heavy (non-hydrogen) atoms. The highest BCUT2D eigenvalue weighted by atomic mass is 16.4. The molecule has 0 atom stereocenters. The zero-order valence-corrected chi connectivity index (χ0v) is 11.1. The minimum Gasteiger partial charge on any atom is -0.481 e. The molecule has 0 spiro atoms. The van der Waals surface area contributed by atoms with Crippen molar-refractivity contribution in [2.24, 2.45) is 5.92 Å². The van der Waals surface area contributed by atoms with E-state index >= 15 is 0 Å². The number of carbonyl (C=O) groups excluding carboxylic acids is 1. The number of nitrogens with zero attached hydrogens (tertiary/aromatic N) is 3. The molecule has 1 saturated carbocycles. The highest BCUT2D eigenvalue weighted by Gasteiger charge is 2.35. The van der Waals surface area contributed by atoms with Crippen molar-refractivity contribution in [3.05, 3.63) is 34.9 Å². The van der Waals surface area contributed by atoms with Crippen LogP contribution in [0.1, 0.15) is 12.8 Å². The summed E-state index contributed by atoms with van der Waals surface area (Å²) in [6.07, 6.45) is 2.45. The van der Waals surface area contributed by atoms with E-state index in [4.69, 9.17) is 5.11 Å². The van der Waals surface area contributed by atoms with E-state index in [1.165, 1.54) is 4.40 Å². The van der Waals surface area contributed by atoms with Gasteiger partial charge in [0.15, 0.2) is 5.65 Å². The van der Waals surface area contributed by atoms with Crippen LogP contribution < -0.4 is 11.0 Å². The summed E-state index contributed by atoms with van der Waals surface area (Å²) in [6, 6.07) is 5.01. The Kier molecular flexibility index (Phi) is 3.20. The molecule has 8 heteroatoms. The third kappa shape index (κ3) is 2.51. The normalized spacial score (nSPS) is 21.0. The average Bonchev–Trinajstić information content (AvgIpc) is 2.70. The Hall–Kier alpha value is -2.64. The third-order valence-corrected chi connectivity index (χ3v) is 3.63. The molecule has 110 valence electrons. The predicted molar refractivity (Wildman–Crippen MR) is 71.7 cm³/mol. The van der Waals surface area contributed by atoms with Crippen LogP contribution in [-0.2, 0) is 16.1 Å². The first-order valence-corrected chi connectivity index (χ1v) is 6.61. The number of carboxylic acid groups (broad SMARTS) is 1. The maximum atomic E-state index is 12.0. The van der Waals surface area contributed by atoms with Crippen LogP contribution in [0.4, 0.5) is 0 Å². The quantitative estimate of drug-likeness (QED) is 0.788. The fourth-order valence-electron chi connectivity index (χ4n) is 2.42. The summed E-state index contributed by atoms with van der Waals surface area (Å²) in [7, 11) is 0. The fourth-order valence-corrected chi connectivity index (χ4v) is 2.42. The van der Waals surface area contributed by atoms with E-state index in [2.05, 4.69) is 10.4 Å². The first kappa shape index (κ1) is 13.3. The number of aliphatic carboxylic acids is 1. The molecule has 1 fully saturated rings. The van der Waals surface area contributed by atoms with Crippen molar-refractivity contribution in [2.75, 3.05) is 0 Å². The van der Waals surface area contributed by atoms with E-state index in [-0.39, 0.29) is 30.1 Å².